The average Bonchev–Trinajstić information content (AvgIpc) is 2.29. The van der Waals surface area contributed by atoms with Crippen LogP contribution in [0.3, 0.4) is 0 Å². The van der Waals surface area contributed by atoms with Crippen molar-refractivity contribution in [1.82, 2.24) is 5.32 Å². The summed E-state index contributed by atoms with van der Waals surface area (Å²) < 4.78 is 26.0. The van der Waals surface area contributed by atoms with Gasteiger partial charge in [-0.15, -0.1) is 18.2 Å². The Labute approximate surface area is 103 Å². The Bertz CT molecular complexity index is 456. The molecule has 1 aromatic rings. The van der Waals surface area contributed by atoms with Gasteiger partial charge in [-0.1, -0.05) is 5.92 Å². The Hall–Kier alpha value is -1.54. The maximum atomic E-state index is 13.3. The third-order valence-corrected chi connectivity index (χ3v) is 3.08. The van der Waals surface area contributed by atoms with Crippen molar-refractivity contribution < 1.29 is 13.6 Å². The van der Waals surface area contributed by atoms with Gasteiger partial charge in [0.15, 0.2) is 0 Å². The number of amides is 1. The highest BCUT2D eigenvalue weighted by atomic mass is 32.2. The second kappa shape index (κ2) is 6.26. The molecule has 0 heterocycles. The molecule has 1 rings (SSSR count). The summed E-state index contributed by atoms with van der Waals surface area (Å²) >= 11 is 1.02. The number of carbonyl (C=O) groups excluding carboxylic acids is 1. The van der Waals surface area contributed by atoms with E-state index >= 15 is 0 Å². The molecule has 0 spiro atoms. The van der Waals surface area contributed by atoms with E-state index in [4.69, 9.17) is 6.42 Å². The highest BCUT2D eigenvalue weighted by Crippen LogP contribution is 2.26. The van der Waals surface area contributed by atoms with Crippen molar-refractivity contribution in [1.29, 1.82) is 0 Å². The van der Waals surface area contributed by atoms with Crippen LogP contribution >= 0.6 is 11.8 Å². The molecule has 2 nitrogen and oxygen atoms in total. The fraction of sp³-hybridized carbons (Fsp3) is 0.250. The molecule has 1 atom stereocenters. The number of hydrogen-bond donors (Lipinski definition) is 1. The zero-order valence-electron chi connectivity index (χ0n) is 9.17. The monoisotopic (exact) mass is 255 g/mol. The largest absolute Gasteiger partial charge is 0.344 e. The molecule has 0 saturated heterocycles. The van der Waals surface area contributed by atoms with Gasteiger partial charge in [0.2, 0.25) is 5.91 Å². The van der Waals surface area contributed by atoms with Gasteiger partial charge in [-0.3, -0.25) is 4.79 Å². The van der Waals surface area contributed by atoms with Crippen LogP contribution in [-0.4, -0.2) is 17.7 Å². The molecule has 0 aromatic heterocycles. The van der Waals surface area contributed by atoms with Crippen molar-refractivity contribution in [3.63, 3.8) is 0 Å². The number of rotatable bonds is 4. The van der Waals surface area contributed by atoms with Gasteiger partial charge in [0.1, 0.15) is 11.6 Å². The van der Waals surface area contributed by atoms with Crippen molar-refractivity contribution in [2.24, 2.45) is 0 Å². The van der Waals surface area contributed by atoms with E-state index in [2.05, 4.69) is 11.2 Å². The Balaban J connectivity index is 2.65. The van der Waals surface area contributed by atoms with Crippen molar-refractivity contribution in [3.05, 3.63) is 29.8 Å². The summed E-state index contributed by atoms with van der Waals surface area (Å²) in [6, 6.07) is 3.24. The molecule has 5 heteroatoms. The molecule has 0 radical (unpaired) electrons. The minimum absolute atomic E-state index is 0.135. The molecule has 90 valence electrons. The van der Waals surface area contributed by atoms with Gasteiger partial charge in [-0.05, 0) is 19.1 Å². The van der Waals surface area contributed by atoms with Crippen LogP contribution in [0.25, 0.3) is 0 Å². The lowest BCUT2D eigenvalue weighted by Crippen LogP contribution is -2.31. The van der Waals surface area contributed by atoms with E-state index in [1.165, 1.54) is 6.07 Å². The van der Waals surface area contributed by atoms with Gasteiger partial charge in [-0.25, -0.2) is 8.78 Å². The van der Waals surface area contributed by atoms with Crippen LogP contribution in [0.4, 0.5) is 8.78 Å². The first-order valence-corrected chi connectivity index (χ1v) is 5.75. The van der Waals surface area contributed by atoms with Gasteiger partial charge in [0.25, 0.3) is 0 Å². The van der Waals surface area contributed by atoms with Crippen LogP contribution in [0.1, 0.15) is 6.92 Å². The first kappa shape index (κ1) is 13.5. The number of halogens is 2. The molecule has 0 unspecified atom stereocenters. The van der Waals surface area contributed by atoms with E-state index in [0.717, 1.165) is 23.9 Å². The van der Waals surface area contributed by atoms with Crippen molar-refractivity contribution in [3.8, 4) is 12.3 Å². The van der Waals surface area contributed by atoms with Gasteiger partial charge >= 0.3 is 0 Å². The van der Waals surface area contributed by atoms with Crippen LogP contribution in [0.15, 0.2) is 23.1 Å². The predicted molar refractivity (Wildman–Crippen MR) is 63.5 cm³/mol. The summed E-state index contributed by atoms with van der Waals surface area (Å²) in [4.78, 5) is 11.7. The normalized spacial score (nSPS) is 11.6. The van der Waals surface area contributed by atoms with Crippen LogP contribution in [-0.2, 0) is 4.79 Å². The van der Waals surface area contributed by atoms with E-state index < -0.39 is 16.9 Å². The Kier molecular flexibility index (Phi) is 4.98. The smallest absolute Gasteiger partial charge is 0.233 e. The number of hydrogen-bond acceptors (Lipinski definition) is 2. The Morgan fingerprint density at radius 1 is 1.59 bits per heavy atom. The molecule has 0 saturated carbocycles. The fourth-order valence-electron chi connectivity index (χ4n) is 1.10. The van der Waals surface area contributed by atoms with E-state index in [1.807, 2.05) is 0 Å². The van der Waals surface area contributed by atoms with Crippen molar-refractivity contribution >= 4 is 17.7 Å². The molecule has 0 bridgehead atoms. The third-order valence-electron chi connectivity index (χ3n) is 1.93. The average molecular weight is 255 g/mol. The highest BCUT2D eigenvalue weighted by Gasteiger charge is 2.15. The number of thioether (sulfide) groups is 1. The summed E-state index contributed by atoms with van der Waals surface area (Å²) in [5.41, 5.74) is 0. The summed E-state index contributed by atoms with van der Waals surface area (Å²) in [5, 5.41) is 1.99. The minimum Gasteiger partial charge on any atom is -0.344 e. The maximum absolute atomic E-state index is 13.3. The minimum atomic E-state index is -0.674. The van der Waals surface area contributed by atoms with Crippen LogP contribution in [0, 0.1) is 24.0 Å². The SMILES string of the molecule is C#CCNC(=O)[C@H](C)Sc1ccc(F)cc1F. The highest BCUT2D eigenvalue weighted by molar-refractivity contribution is 8.00. The molecule has 1 amide bonds. The third kappa shape index (κ3) is 4.08. The molecule has 0 fully saturated rings. The molecule has 0 aliphatic carbocycles. The molecular weight excluding hydrogens is 244 g/mol. The zero-order chi connectivity index (χ0) is 12.8. The molecular formula is C12H11F2NOS. The quantitative estimate of drug-likeness (QED) is 0.660. The van der Waals surface area contributed by atoms with Gasteiger partial charge < -0.3 is 5.32 Å². The van der Waals surface area contributed by atoms with E-state index in [1.54, 1.807) is 6.92 Å². The molecule has 0 aliphatic heterocycles. The van der Waals surface area contributed by atoms with Crippen molar-refractivity contribution in [2.75, 3.05) is 6.54 Å². The van der Waals surface area contributed by atoms with Gasteiger partial charge in [0, 0.05) is 11.0 Å². The number of benzene rings is 1. The second-order valence-electron chi connectivity index (χ2n) is 3.26. The lowest BCUT2D eigenvalue weighted by Gasteiger charge is -2.10. The lowest BCUT2D eigenvalue weighted by atomic mass is 10.3. The van der Waals surface area contributed by atoms with Gasteiger partial charge in [-0.2, -0.15) is 0 Å². The predicted octanol–water partition coefficient (Wildman–Crippen LogP) is 2.19. The standard InChI is InChI=1S/C12H11F2NOS/c1-3-6-15-12(16)8(2)17-11-5-4-9(13)7-10(11)14/h1,4-5,7-8H,6H2,2H3,(H,15,16)/t8-/m0/s1. The summed E-state index contributed by atoms with van der Waals surface area (Å²) in [7, 11) is 0. The first-order chi connectivity index (χ1) is 8.04. The van der Waals surface area contributed by atoms with Crippen LogP contribution < -0.4 is 5.32 Å². The molecule has 1 aromatic carbocycles. The number of nitrogens with one attached hydrogen (secondary N) is 1. The maximum Gasteiger partial charge on any atom is 0.233 e. The molecule has 17 heavy (non-hydrogen) atoms. The summed E-state index contributed by atoms with van der Waals surface area (Å²) in [6.07, 6.45) is 5.00. The fourth-order valence-corrected chi connectivity index (χ4v) is 1.99. The lowest BCUT2D eigenvalue weighted by molar-refractivity contribution is -0.120. The summed E-state index contributed by atoms with van der Waals surface area (Å²) in [6.45, 7) is 1.76. The topological polar surface area (TPSA) is 29.1 Å². The number of terminal acetylenes is 1. The second-order valence-corrected chi connectivity index (χ2v) is 4.64. The van der Waals surface area contributed by atoms with Crippen LogP contribution in [0.2, 0.25) is 0 Å². The van der Waals surface area contributed by atoms with E-state index in [0.29, 0.717) is 0 Å². The Morgan fingerprint density at radius 2 is 2.29 bits per heavy atom. The number of carbonyl (C=O) groups is 1. The Morgan fingerprint density at radius 3 is 2.88 bits per heavy atom. The van der Waals surface area contributed by atoms with E-state index in [9.17, 15) is 13.6 Å². The van der Waals surface area contributed by atoms with Gasteiger partial charge in [0.05, 0.1) is 11.8 Å². The molecule has 0 aliphatic rings. The summed E-state index contributed by atoms with van der Waals surface area (Å²) in [5.74, 6) is 0.674. The van der Waals surface area contributed by atoms with Crippen molar-refractivity contribution in [2.45, 2.75) is 17.1 Å². The van der Waals surface area contributed by atoms with E-state index in [-0.39, 0.29) is 17.3 Å². The van der Waals surface area contributed by atoms with Crippen LogP contribution in [0.5, 0.6) is 0 Å². The molecule has 1 N–H and O–H groups in total. The zero-order valence-corrected chi connectivity index (χ0v) is 9.98. The first-order valence-electron chi connectivity index (χ1n) is 4.87.